The number of hydrogen-bond donors (Lipinski definition) is 0. The van der Waals surface area contributed by atoms with E-state index in [1.807, 2.05) is 0 Å². The van der Waals surface area contributed by atoms with Gasteiger partial charge in [0.25, 0.3) is 0 Å². The summed E-state index contributed by atoms with van der Waals surface area (Å²) in [5.41, 5.74) is 0.483. The molecule has 0 amide bonds. The molecule has 0 N–H and O–H groups in total. The van der Waals surface area contributed by atoms with Crippen molar-refractivity contribution in [1.29, 1.82) is 0 Å². The molecule has 0 saturated heterocycles. The first-order valence-corrected chi connectivity index (χ1v) is 7.19. The minimum atomic E-state index is -0.531. The second-order valence-corrected chi connectivity index (χ2v) is 6.60. The Morgan fingerprint density at radius 1 is 1.11 bits per heavy atom. The van der Waals surface area contributed by atoms with E-state index in [4.69, 9.17) is 11.6 Å². The van der Waals surface area contributed by atoms with Crippen LogP contribution in [0.1, 0.15) is 30.2 Å². The van der Waals surface area contributed by atoms with E-state index in [-0.39, 0.29) is 5.38 Å². The smallest absolute Gasteiger partial charge is 0.130 e. The molecule has 0 aromatic heterocycles. The maximum absolute atomic E-state index is 13.8. The molecule has 0 spiro atoms. The van der Waals surface area contributed by atoms with Crippen LogP contribution < -0.4 is 0 Å². The Morgan fingerprint density at radius 3 is 2.39 bits per heavy atom. The summed E-state index contributed by atoms with van der Waals surface area (Å²) < 4.78 is 26.7. The lowest BCUT2D eigenvalue weighted by molar-refractivity contribution is 0.448. The topological polar surface area (TPSA) is 0 Å². The summed E-state index contributed by atoms with van der Waals surface area (Å²) in [6.07, 6.45) is 4.02. The summed E-state index contributed by atoms with van der Waals surface area (Å²) in [7, 11) is 0. The normalized spacial score (nSPS) is 41.8. The molecule has 0 nitrogen and oxygen atoms in total. The third-order valence-corrected chi connectivity index (χ3v) is 5.92. The van der Waals surface area contributed by atoms with Crippen molar-refractivity contribution in [3.8, 4) is 0 Å². The molecular formula is C15H15ClF2. The molecule has 3 aliphatic rings. The number of rotatable bonds is 2. The molecule has 0 aliphatic heterocycles. The van der Waals surface area contributed by atoms with Crippen molar-refractivity contribution >= 4 is 11.6 Å². The highest BCUT2D eigenvalue weighted by Crippen LogP contribution is 2.73. The van der Waals surface area contributed by atoms with Crippen molar-refractivity contribution in [2.75, 3.05) is 0 Å². The lowest BCUT2D eigenvalue weighted by Gasteiger charge is -2.15. The molecule has 2 bridgehead atoms. The van der Waals surface area contributed by atoms with E-state index in [1.165, 1.54) is 31.4 Å². The zero-order valence-electron chi connectivity index (χ0n) is 9.95. The van der Waals surface area contributed by atoms with Gasteiger partial charge in [0.1, 0.15) is 11.6 Å². The summed E-state index contributed by atoms with van der Waals surface area (Å²) in [5, 5.41) is -0.274. The van der Waals surface area contributed by atoms with Crippen molar-refractivity contribution in [3.05, 3.63) is 35.4 Å². The summed E-state index contributed by atoms with van der Waals surface area (Å²) in [6, 6.07) is 3.76. The van der Waals surface area contributed by atoms with Gasteiger partial charge >= 0.3 is 0 Å². The van der Waals surface area contributed by atoms with Crippen LogP contribution in [0.4, 0.5) is 8.78 Å². The fourth-order valence-electron chi connectivity index (χ4n) is 4.72. The highest BCUT2D eigenvalue weighted by Gasteiger charge is 2.66. The Balaban J connectivity index is 1.60. The van der Waals surface area contributed by atoms with E-state index in [2.05, 4.69) is 0 Å². The van der Waals surface area contributed by atoms with Gasteiger partial charge in [0.15, 0.2) is 0 Å². The third kappa shape index (κ3) is 1.41. The first-order valence-electron chi connectivity index (χ1n) is 6.76. The molecule has 3 heteroatoms. The predicted octanol–water partition coefficient (Wildman–Crippen LogP) is 4.54. The van der Waals surface area contributed by atoms with Crippen molar-refractivity contribution in [3.63, 3.8) is 0 Å². The molecule has 3 fully saturated rings. The van der Waals surface area contributed by atoms with E-state index in [9.17, 15) is 8.78 Å². The van der Waals surface area contributed by atoms with Gasteiger partial charge in [-0.3, -0.25) is 0 Å². The average molecular weight is 269 g/mol. The van der Waals surface area contributed by atoms with Crippen LogP contribution in [0.2, 0.25) is 0 Å². The molecule has 0 radical (unpaired) electrons. The quantitative estimate of drug-likeness (QED) is 0.691. The predicted molar refractivity (Wildman–Crippen MR) is 66.3 cm³/mol. The largest absolute Gasteiger partial charge is 0.207 e. The lowest BCUT2D eigenvalue weighted by atomic mass is 9.96. The number of benzene rings is 1. The Labute approximate surface area is 110 Å². The second-order valence-electron chi connectivity index (χ2n) is 6.13. The van der Waals surface area contributed by atoms with Crippen molar-refractivity contribution < 1.29 is 8.78 Å². The third-order valence-electron chi connectivity index (χ3n) is 5.39. The standard InChI is InChI=1S/C15H15ClF2/c16-15(10-4-3-9(17)6-11(10)18)14-12-7-1-2-8(5-7)13(12)14/h3-4,6-8,12-15H,1-2,5H2. The summed E-state index contributed by atoms with van der Waals surface area (Å²) in [4.78, 5) is 0. The van der Waals surface area contributed by atoms with Gasteiger partial charge in [-0.25, -0.2) is 8.78 Å². The van der Waals surface area contributed by atoms with E-state index in [0.29, 0.717) is 11.5 Å². The Morgan fingerprint density at radius 2 is 1.78 bits per heavy atom. The molecule has 1 aromatic rings. The van der Waals surface area contributed by atoms with Crippen molar-refractivity contribution in [2.24, 2.45) is 29.6 Å². The second kappa shape index (κ2) is 3.69. The van der Waals surface area contributed by atoms with E-state index >= 15 is 0 Å². The fraction of sp³-hybridized carbons (Fsp3) is 0.600. The Kier molecular flexibility index (Phi) is 2.30. The minimum Gasteiger partial charge on any atom is -0.207 e. The number of fused-ring (bicyclic) bond motifs is 5. The van der Waals surface area contributed by atoms with Gasteiger partial charge in [0, 0.05) is 11.6 Å². The van der Waals surface area contributed by atoms with Crippen LogP contribution in [0, 0.1) is 41.2 Å². The van der Waals surface area contributed by atoms with Crippen molar-refractivity contribution in [2.45, 2.75) is 24.6 Å². The van der Waals surface area contributed by atoms with Crippen LogP contribution in [-0.4, -0.2) is 0 Å². The molecule has 5 unspecified atom stereocenters. The van der Waals surface area contributed by atoms with Gasteiger partial charge < -0.3 is 0 Å². The Bertz CT molecular complexity index is 485. The molecule has 3 aliphatic carbocycles. The van der Waals surface area contributed by atoms with E-state index in [1.54, 1.807) is 0 Å². The molecule has 5 atom stereocenters. The van der Waals surface area contributed by atoms with Gasteiger partial charge in [-0.2, -0.15) is 0 Å². The maximum Gasteiger partial charge on any atom is 0.130 e. The SMILES string of the molecule is Fc1ccc(C(Cl)C2C3C4CCC(C4)C32)c(F)c1. The van der Waals surface area contributed by atoms with Gasteiger partial charge in [-0.05, 0) is 54.9 Å². The monoisotopic (exact) mass is 268 g/mol. The molecule has 96 valence electrons. The zero-order chi connectivity index (χ0) is 12.4. The van der Waals surface area contributed by atoms with Crippen LogP contribution in [0.5, 0.6) is 0 Å². The summed E-state index contributed by atoms with van der Waals surface area (Å²) >= 11 is 6.46. The Hall–Kier alpha value is -0.630. The van der Waals surface area contributed by atoms with Gasteiger partial charge in [-0.15, -0.1) is 11.6 Å². The van der Waals surface area contributed by atoms with Gasteiger partial charge in [-0.1, -0.05) is 6.07 Å². The molecular weight excluding hydrogens is 254 g/mol. The number of halogens is 3. The van der Waals surface area contributed by atoms with Crippen LogP contribution in [0.3, 0.4) is 0 Å². The molecule has 1 aromatic carbocycles. The van der Waals surface area contributed by atoms with Crippen molar-refractivity contribution in [1.82, 2.24) is 0 Å². The van der Waals surface area contributed by atoms with Crippen LogP contribution in [0.15, 0.2) is 18.2 Å². The fourth-order valence-corrected chi connectivity index (χ4v) is 5.23. The average Bonchev–Trinajstić information content (AvgIpc) is 2.77. The zero-order valence-corrected chi connectivity index (χ0v) is 10.7. The highest BCUT2D eigenvalue weighted by molar-refractivity contribution is 6.21. The molecule has 4 rings (SSSR count). The highest BCUT2D eigenvalue weighted by atomic mass is 35.5. The molecule has 0 heterocycles. The van der Waals surface area contributed by atoms with Crippen LogP contribution in [0.25, 0.3) is 0 Å². The van der Waals surface area contributed by atoms with E-state index in [0.717, 1.165) is 29.7 Å². The maximum atomic E-state index is 13.8. The first-order chi connectivity index (χ1) is 8.66. The van der Waals surface area contributed by atoms with Crippen LogP contribution >= 0.6 is 11.6 Å². The minimum absolute atomic E-state index is 0.274. The number of alkyl halides is 1. The summed E-state index contributed by atoms with van der Waals surface area (Å²) in [5.74, 6) is 2.50. The molecule has 18 heavy (non-hydrogen) atoms. The van der Waals surface area contributed by atoms with E-state index < -0.39 is 11.6 Å². The van der Waals surface area contributed by atoms with Crippen LogP contribution in [-0.2, 0) is 0 Å². The first kappa shape index (κ1) is 11.2. The molecule has 3 saturated carbocycles. The number of hydrogen-bond acceptors (Lipinski definition) is 0. The van der Waals surface area contributed by atoms with Gasteiger partial charge in [0.2, 0.25) is 0 Å². The van der Waals surface area contributed by atoms with Gasteiger partial charge in [0.05, 0.1) is 5.38 Å². The summed E-state index contributed by atoms with van der Waals surface area (Å²) in [6.45, 7) is 0. The lowest BCUT2D eigenvalue weighted by Crippen LogP contribution is -2.06.